The first kappa shape index (κ1) is 27.8. The lowest BCUT2D eigenvalue weighted by Crippen LogP contribution is -2.50. The van der Waals surface area contributed by atoms with Crippen molar-refractivity contribution in [1.82, 2.24) is 10.2 Å². The van der Waals surface area contributed by atoms with Gasteiger partial charge in [0.2, 0.25) is 11.8 Å². The number of amides is 2. The minimum atomic E-state index is -0.574. The number of hydrogen-bond donors (Lipinski definition) is 1. The monoisotopic (exact) mass is 522 g/mol. The Morgan fingerprint density at radius 2 is 1.67 bits per heavy atom. The SMILES string of the molecule is CCCNC(=O)[C@H](Cc1ccccc1)N(Cc1ccccc1C)C(=O)CCCSc1ccc(Cl)cc1. The van der Waals surface area contributed by atoms with Gasteiger partial charge in [-0.1, -0.05) is 73.1 Å². The van der Waals surface area contributed by atoms with Gasteiger partial charge in [-0.3, -0.25) is 9.59 Å². The zero-order valence-electron chi connectivity index (χ0n) is 21.1. The van der Waals surface area contributed by atoms with Crippen molar-refractivity contribution in [3.05, 3.63) is 101 Å². The molecule has 3 rings (SSSR count). The molecule has 0 saturated carbocycles. The zero-order chi connectivity index (χ0) is 25.8. The molecule has 36 heavy (non-hydrogen) atoms. The van der Waals surface area contributed by atoms with E-state index in [4.69, 9.17) is 11.6 Å². The number of benzene rings is 3. The summed E-state index contributed by atoms with van der Waals surface area (Å²) in [5.41, 5.74) is 3.21. The van der Waals surface area contributed by atoms with Gasteiger partial charge in [0, 0.05) is 35.8 Å². The van der Waals surface area contributed by atoms with Crippen LogP contribution in [0.5, 0.6) is 0 Å². The Labute approximate surface area is 224 Å². The highest BCUT2D eigenvalue weighted by atomic mass is 35.5. The molecule has 0 fully saturated rings. The first-order valence-electron chi connectivity index (χ1n) is 12.5. The second-order valence-electron chi connectivity index (χ2n) is 8.85. The third-order valence-electron chi connectivity index (χ3n) is 6.04. The predicted octanol–water partition coefficient (Wildman–Crippen LogP) is 6.69. The van der Waals surface area contributed by atoms with E-state index in [0.717, 1.165) is 40.2 Å². The van der Waals surface area contributed by atoms with Crippen LogP contribution in [0.1, 0.15) is 42.9 Å². The van der Waals surface area contributed by atoms with E-state index in [1.54, 1.807) is 16.7 Å². The van der Waals surface area contributed by atoms with Crippen molar-refractivity contribution in [2.75, 3.05) is 12.3 Å². The molecule has 0 heterocycles. The maximum absolute atomic E-state index is 13.6. The predicted molar refractivity (Wildman–Crippen MR) is 150 cm³/mol. The summed E-state index contributed by atoms with van der Waals surface area (Å²) >= 11 is 7.69. The third-order valence-corrected chi connectivity index (χ3v) is 7.39. The molecule has 0 spiro atoms. The normalized spacial score (nSPS) is 11.6. The molecule has 3 aromatic carbocycles. The van der Waals surface area contributed by atoms with Gasteiger partial charge in [0.05, 0.1) is 0 Å². The van der Waals surface area contributed by atoms with Crippen LogP contribution < -0.4 is 5.32 Å². The van der Waals surface area contributed by atoms with Gasteiger partial charge >= 0.3 is 0 Å². The zero-order valence-corrected chi connectivity index (χ0v) is 22.7. The smallest absolute Gasteiger partial charge is 0.243 e. The molecule has 0 aromatic heterocycles. The Morgan fingerprint density at radius 3 is 2.36 bits per heavy atom. The minimum Gasteiger partial charge on any atom is -0.354 e. The molecule has 190 valence electrons. The molecule has 6 heteroatoms. The van der Waals surface area contributed by atoms with Gasteiger partial charge in [-0.2, -0.15) is 0 Å². The molecule has 0 bridgehead atoms. The van der Waals surface area contributed by atoms with Crippen LogP contribution in [0.25, 0.3) is 0 Å². The largest absolute Gasteiger partial charge is 0.354 e. The summed E-state index contributed by atoms with van der Waals surface area (Å²) in [6.07, 6.45) is 2.44. The molecule has 0 radical (unpaired) electrons. The van der Waals surface area contributed by atoms with Crippen LogP contribution in [-0.2, 0) is 22.6 Å². The van der Waals surface area contributed by atoms with Crippen LogP contribution in [-0.4, -0.2) is 35.1 Å². The molecule has 4 nitrogen and oxygen atoms in total. The number of carbonyl (C=O) groups excluding carboxylic acids is 2. The first-order valence-corrected chi connectivity index (χ1v) is 13.9. The molecule has 0 aliphatic carbocycles. The number of aryl methyl sites for hydroxylation is 1. The molecule has 0 aliphatic rings. The first-order chi connectivity index (χ1) is 17.5. The van der Waals surface area contributed by atoms with Gasteiger partial charge in [-0.15, -0.1) is 11.8 Å². The lowest BCUT2D eigenvalue weighted by atomic mass is 10.0. The quantitative estimate of drug-likeness (QED) is 0.201. The molecular formula is C30H35ClN2O2S. The van der Waals surface area contributed by atoms with E-state index < -0.39 is 6.04 Å². The molecule has 0 aliphatic heterocycles. The number of nitrogens with one attached hydrogen (secondary N) is 1. The fourth-order valence-corrected chi connectivity index (χ4v) is 4.96. The van der Waals surface area contributed by atoms with Gasteiger partial charge in [0.25, 0.3) is 0 Å². The second-order valence-corrected chi connectivity index (χ2v) is 10.5. The Hall–Kier alpha value is -2.76. The van der Waals surface area contributed by atoms with Crippen LogP contribution in [0, 0.1) is 6.92 Å². The van der Waals surface area contributed by atoms with Crippen LogP contribution in [0.2, 0.25) is 5.02 Å². The molecule has 1 N–H and O–H groups in total. The Morgan fingerprint density at radius 1 is 0.972 bits per heavy atom. The molecule has 3 aromatic rings. The lowest BCUT2D eigenvalue weighted by Gasteiger charge is -2.32. The van der Waals surface area contributed by atoms with Crippen molar-refractivity contribution >= 4 is 35.2 Å². The average Bonchev–Trinajstić information content (AvgIpc) is 2.89. The lowest BCUT2D eigenvalue weighted by molar-refractivity contribution is -0.141. The summed E-state index contributed by atoms with van der Waals surface area (Å²) in [5, 5.41) is 3.75. The van der Waals surface area contributed by atoms with Gasteiger partial charge in [-0.25, -0.2) is 0 Å². The van der Waals surface area contributed by atoms with E-state index in [1.165, 1.54) is 0 Å². The van der Waals surface area contributed by atoms with Crippen LogP contribution in [0.3, 0.4) is 0 Å². The Kier molecular flexibility index (Phi) is 11.4. The van der Waals surface area contributed by atoms with Crippen LogP contribution in [0.4, 0.5) is 0 Å². The Balaban J connectivity index is 1.78. The summed E-state index contributed by atoms with van der Waals surface area (Å²) in [5.74, 6) is 0.720. The third kappa shape index (κ3) is 8.72. The van der Waals surface area contributed by atoms with E-state index >= 15 is 0 Å². The molecule has 2 amide bonds. The summed E-state index contributed by atoms with van der Waals surface area (Å²) in [4.78, 5) is 29.9. The van der Waals surface area contributed by atoms with Crippen LogP contribution >= 0.6 is 23.4 Å². The fourth-order valence-electron chi connectivity index (χ4n) is 3.98. The van der Waals surface area contributed by atoms with Crippen molar-refractivity contribution in [1.29, 1.82) is 0 Å². The number of carbonyl (C=O) groups is 2. The summed E-state index contributed by atoms with van der Waals surface area (Å²) in [7, 11) is 0. The summed E-state index contributed by atoms with van der Waals surface area (Å²) in [6, 6.07) is 25.2. The van der Waals surface area contributed by atoms with Gasteiger partial charge < -0.3 is 10.2 Å². The second kappa shape index (κ2) is 14.7. The maximum Gasteiger partial charge on any atom is 0.243 e. The summed E-state index contributed by atoms with van der Waals surface area (Å²) in [6.45, 7) is 5.08. The highest BCUT2D eigenvalue weighted by Gasteiger charge is 2.30. The van der Waals surface area contributed by atoms with E-state index in [2.05, 4.69) is 5.32 Å². The Bertz CT molecular complexity index is 1110. The molecular weight excluding hydrogens is 488 g/mol. The highest BCUT2D eigenvalue weighted by Crippen LogP contribution is 2.23. The van der Waals surface area contributed by atoms with Gasteiger partial charge in [0.15, 0.2) is 0 Å². The van der Waals surface area contributed by atoms with Crippen molar-refractivity contribution in [3.8, 4) is 0 Å². The maximum atomic E-state index is 13.6. The van der Waals surface area contributed by atoms with Crippen molar-refractivity contribution < 1.29 is 9.59 Å². The molecule has 0 saturated heterocycles. The van der Waals surface area contributed by atoms with Gasteiger partial charge in [0.1, 0.15) is 6.04 Å². The van der Waals surface area contributed by atoms with Gasteiger partial charge in [-0.05, 0) is 66.5 Å². The standard InChI is InChI=1S/C30H35ClN2O2S/c1-3-19-32-30(35)28(21-24-11-5-4-6-12-24)33(22-25-13-8-7-10-23(25)2)29(34)14-9-20-36-27-17-15-26(31)16-18-27/h4-8,10-13,15-18,28H,3,9,14,19-22H2,1-2H3,(H,32,35)/t28-/m0/s1. The minimum absolute atomic E-state index is 0.00235. The number of thioether (sulfide) groups is 1. The molecule has 1 atom stereocenters. The van der Waals surface area contributed by atoms with Crippen molar-refractivity contribution in [2.24, 2.45) is 0 Å². The number of nitrogens with zero attached hydrogens (tertiary/aromatic N) is 1. The van der Waals surface area contributed by atoms with Crippen molar-refractivity contribution in [2.45, 2.75) is 57.0 Å². The van der Waals surface area contributed by atoms with E-state index in [-0.39, 0.29) is 11.8 Å². The molecule has 0 unspecified atom stereocenters. The summed E-state index contributed by atoms with van der Waals surface area (Å²) < 4.78 is 0. The average molecular weight is 523 g/mol. The highest BCUT2D eigenvalue weighted by molar-refractivity contribution is 7.99. The van der Waals surface area contributed by atoms with E-state index in [1.807, 2.05) is 92.7 Å². The number of hydrogen-bond acceptors (Lipinski definition) is 3. The fraction of sp³-hybridized carbons (Fsp3) is 0.333. The number of halogens is 1. The van der Waals surface area contributed by atoms with Crippen LogP contribution in [0.15, 0.2) is 83.8 Å². The van der Waals surface area contributed by atoms with Crippen molar-refractivity contribution in [3.63, 3.8) is 0 Å². The topological polar surface area (TPSA) is 49.4 Å². The van der Waals surface area contributed by atoms with E-state index in [0.29, 0.717) is 31.0 Å². The van der Waals surface area contributed by atoms with E-state index in [9.17, 15) is 9.59 Å². The number of rotatable bonds is 13.